The van der Waals surface area contributed by atoms with Crippen molar-refractivity contribution in [3.63, 3.8) is 0 Å². The summed E-state index contributed by atoms with van der Waals surface area (Å²) in [7, 11) is 1.36. The molecule has 0 aliphatic carbocycles. The van der Waals surface area contributed by atoms with E-state index in [1.54, 1.807) is 18.2 Å². The number of imide groups is 1. The van der Waals surface area contributed by atoms with E-state index in [0.717, 1.165) is 16.0 Å². The summed E-state index contributed by atoms with van der Waals surface area (Å²) in [5, 5.41) is 0. The molecule has 0 aromatic heterocycles. The summed E-state index contributed by atoms with van der Waals surface area (Å²) in [6.45, 7) is 2.97. The van der Waals surface area contributed by atoms with Crippen LogP contribution < -0.4 is 4.90 Å². The number of hydrogen-bond acceptors (Lipinski definition) is 6. The topological polar surface area (TPSA) is 90.0 Å². The smallest absolute Gasteiger partial charge is 0.305 e. The third kappa shape index (κ3) is 4.88. The first kappa shape index (κ1) is 22.0. The number of rotatable bonds is 7. The molecule has 2 aromatic rings. The molecular formula is C24H23NO6. The highest BCUT2D eigenvalue weighted by Crippen LogP contribution is 2.37. The van der Waals surface area contributed by atoms with Crippen molar-refractivity contribution in [2.24, 2.45) is 0 Å². The molecule has 2 amide bonds. The van der Waals surface area contributed by atoms with Crippen molar-refractivity contribution < 1.29 is 28.7 Å². The highest BCUT2D eigenvalue weighted by Gasteiger charge is 2.35. The van der Waals surface area contributed by atoms with Crippen LogP contribution in [0, 0.1) is 0 Å². The molecule has 0 N–H and O–H groups in total. The first-order chi connectivity index (χ1) is 14.8. The first-order valence-corrected chi connectivity index (χ1v) is 9.78. The van der Waals surface area contributed by atoms with E-state index in [2.05, 4.69) is 4.74 Å². The third-order valence-corrected chi connectivity index (χ3v) is 5.00. The van der Waals surface area contributed by atoms with E-state index < -0.39 is 11.8 Å². The fraction of sp³-hybridized carbons (Fsp3) is 0.250. The molecule has 160 valence electrons. The number of esters is 1. The van der Waals surface area contributed by atoms with Gasteiger partial charge in [0.1, 0.15) is 6.61 Å². The number of Topliss-reactive ketones (excluding diaryl/α,β-unsaturated/α-hetero) is 1. The van der Waals surface area contributed by atoms with Gasteiger partial charge in [0.15, 0.2) is 5.78 Å². The largest absolute Gasteiger partial charge is 0.496 e. The summed E-state index contributed by atoms with van der Waals surface area (Å²) in [5.74, 6) is -1.29. The SMILES string of the molecule is COC(=O)CCc1ccc(COC=C2C(=O)N(C(C)=O)c3ccc(C(C)=O)cc32)cc1. The van der Waals surface area contributed by atoms with Crippen LogP contribution in [0.2, 0.25) is 0 Å². The molecule has 0 atom stereocenters. The van der Waals surface area contributed by atoms with E-state index in [-0.39, 0.29) is 23.9 Å². The average molecular weight is 421 g/mol. The Labute approximate surface area is 180 Å². The minimum absolute atomic E-state index is 0.135. The second-order valence-corrected chi connectivity index (χ2v) is 7.18. The van der Waals surface area contributed by atoms with E-state index >= 15 is 0 Å². The van der Waals surface area contributed by atoms with Crippen molar-refractivity contribution in [1.29, 1.82) is 0 Å². The van der Waals surface area contributed by atoms with Gasteiger partial charge in [-0.3, -0.25) is 19.2 Å². The molecule has 1 heterocycles. The lowest BCUT2D eigenvalue weighted by Gasteiger charge is -2.12. The number of nitrogens with zero attached hydrogens (tertiary/aromatic N) is 1. The van der Waals surface area contributed by atoms with Crippen molar-refractivity contribution in [2.75, 3.05) is 12.0 Å². The Balaban J connectivity index is 1.74. The fourth-order valence-electron chi connectivity index (χ4n) is 3.31. The zero-order valence-electron chi connectivity index (χ0n) is 17.6. The molecule has 0 bridgehead atoms. The predicted molar refractivity (Wildman–Crippen MR) is 114 cm³/mol. The van der Waals surface area contributed by atoms with Gasteiger partial charge in [-0.1, -0.05) is 24.3 Å². The lowest BCUT2D eigenvalue weighted by Crippen LogP contribution is -2.31. The van der Waals surface area contributed by atoms with Gasteiger partial charge in [0.25, 0.3) is 5.91 Å². The zero-order valence-corrected chi connectivity index (χ0v) is 17.6. The number of methoxy groups -OCH3 is 1. The van der Waals surface area contributed by atoms with Gasteiger partial charge in [-0.2, -0.15) is 0 Å². The van der Waals surface area contributed by atoms with Crippen LogP contribution in [0.5, 0.6) is 0 Å². The van der Waals surface area contributed by atoms with Crippen LogP contribution in [0.3, 0.4) is 0 Å². The number of amides is 2. The van der Waals surface area contributed by atoms with Crippen molar-refractivity contribution in [1.82, 2.24) is 0 Å². The molecule has 0 fully saturated rings. The van der Waals surface area contributed by atoms with Gasteiger partial charge in [0.2, 0.25) is 5.91 Å². The van der Waals surface area contributed by atoms with Gasteiger partial charge in [-0.05, 0) is 42.7 Å². The van der Waals surface area contributed by atoms with Gasteiger partial charge in [-0.15, -0.1) is 0 Å². The predicted octanol–water partition coefficient (Wildman–Crippen LogP) is 3.45. The van der Waals surface area contributed by atoms with Crippen LogP contribution in [-0.4, -0.2) is 30.7 Å². The van der Waals surface area contributed by atoms with Crippen LogP contribution in [0.4, 0.5) is 5.69 Å². The monoisotopic (exact) mass is 421 g/mol. The first-order valence-electron chi connectivity index (χ1n) is 9.78. The lowest BCUT2D eigenvalue weighted by molar-refractivity contribution is -0.140. The summed E-state index contributed by atoms with van der Waals surface area (Å²) in [4.78, 5) is 48.8. The van der Waals surface area contributed by atoms with Gasteiger partial charge in [0, 0.05) is 24.5 Å². The molecule has 1 aliphatic rings. The maximum atomic E-state index is 12.8. The number of hydrogen-bond donors (Lipinski definition) is 0. The van der Waals surface area contributed by atoms with Crippen LogP contribution >= 0.6 is 0 Å². The molecule has 31 heavy (non-hydrogen) atoms. The molecule has 7 heteroatoms. The summed E-state index contributed by atoms with van der Waals surface area (Å²) >= 11 is 0. The number of benzene rings is 2. The second kappa shape index (κ2) is 9.38. The van der Waals surface area contributed by atoms with Gasteiger partial charge >= 0.3 is 5.97 Å². The van der Waals surface area contributed by atoms with Gasteiger partial charge in [-0.25, -0.2) is 4.90 Å². The fourth-order valence-corrected chi connectivity index (χ4v) is 3.31. The van der Waals surface area contributed by atoms with E-state index in [4.69, 9.17) is 4.74 Å². The Kier molecular flexibility index (Phi) is 6.65. The minimum Gasteiger partial charge on any atom is -0.496 e. The molecule has 0 spiro atoms. The lowest BCUT2D eigenvalue weighted by atomic mass is 10.0. The Morgan fingerprint density at radius 1 is 1.00 bits per heavy atom. The maximum absolute atomic E-state index is 12.8. The van der Waals surface area contributed by atoms with E-state index in [0.29, 0.717) is 29.7 Å². The quantitative estimate of drug-likeness (QED) is 0.294. The van der Waals surface area contributed by atoms with Crippen molar-refractivity contribution in [3.8, 4) is 0 Å². The highest BCUT2D eigenvalue weighted by atomic mass is 16.5. The number of fused-ring (bicyclic) bond motifs is 1. The number of aryl methyl sites for hydroxylation is 1. The van der Waals surface area contributed by atoms with Crippen LogP contribution in [0.15, 0.2) is 48.7 Å². The Bertz CT molecular complexity index is 1070. The van der Waals surface area contributed by atoms with Crippen LogP contribution in [-0.2, 0) is 36.9 Å². The molecule has 0 unspecified atom stereocenters. The summed E-state index contributed by atoms with van der Waals surface area (Å²) in [6.07, 6.45) is 2.23. The normalized spacial score (nSPS) is 13.8. The summed E-state index contributed by atoms with van der Waals surface area (Å²) in [5.41, 5.74) is 3.48. The Morgan fingerprint density at radius 2 is 1.68 bits per heavy atom. The van der Waals surface area contributed by atoms with Gasteiger partial charge < -0.3 is 9.47 Å². The van der Waals surface area contributed by atoms with E-state index in [1.807, 2.05) is 24.3 Å². The van der Waals surface area contributed by atoms with Gasteiger partial charge in [0.05, 0.1) is 24.6 Å². The standard InChI is InChI=1S/C24H23NO6/c1-15(26)19-9-10-22-20(12-19)21(24(29)25(22)16(2)27)14-31-13-18-6-4-17(5-7-18)8-11-23(28)30-3/h4-7,9-10,12,14H,8,11,13H2,1-3H3. The molecule has 7 nitrogen and oxygen atoms in total. The van der Waals surface area contributed by atoms with Crippen LogP contribution in [0.25, 0.3) is 5.57 Å². The second-order valence-electron chi connectivity index (χ2n) is 7.18. The molecule has 1 aliphatic heterocycles. The van der Waals surface area contributed by atoms with E-state index in [1.165, 1.54) is 27.2 Å². The molecule has 0 saturated heterocycles. The molecule has 2 aromatic carbocycles. The van der Waals surface area contributed by atoms with Crippen molar-refractivity contribution in [2.45, 2.75) is 33.3 Å². The number of ketones is 1. The average Bonchev–Trinajstić information content (AvgIpc) is 3.03. The number of anilines is 1. The summed E-state index contributed by atoms with van der Waals surface area (Å²) in [6, 6.07) is 12.4. The molecule has 0 radical (unpaired) electrons. The highest BCUT2D eigenvalue weighted by molar-refractivity contribution is 6.39. The number of ether oxygens (including phenoxy) is 2. The molecular weight excluding hydrogens is 398 g/mol. The maximum Gasteiger partial charge on any atom is 0.305 e. The summed E-state index contributed by atoms with van der Waals surface area (Å²) < 4.78 is 10.3. The minimum atomic E-state index is -0.485. The van der Waals surface area contributed by atoms with Crippen molar-refractivity contribution >= 4 is 34.8 Å². The Hall–Kier alpha value is -3.74. The number of carbonyl (C=O) groups is 4. The van der Waals surface area contributed by atoms with E-state index in [9.17, 15) is 19.2 Å². The Morgan fingerprint density at radius 3 is 2.29 bits per heavy atom. The van der Waals surface area contributed by atoms with Crippen molar-refractivity contribution in [3.05, 3.63) is 71.0 Å². The van der Waals surface area contributed by atoms with Crippen LogP contribution in [0.1, 0.15) is 47.3 Å². The molecule has 0 saturated carbocycles. The zero-order chi connectivity index (χ0) is 22.5. The third-order valence-electron chi connectivity index (χ3n) is 5.00. The number of carbonyl (C=O) groups excluding carboxylic acids is 4. The molecule has 3 rings (SSSR count).